The van der Waals surface area contributed by atoms with E-state index in [1.165, 1.54) is 11.9 Å². The van der Waals surface area contributed by atoms with Gasteiger partial charge in [0, 0.05) is 23.3 Å². The first-order chi connectivity index (χ1) is 13.1. The van der Waals surface area contributed by atoms with Crippen LogP contribution in [0, 0.1) is 0 Å². The number of aromatic nitrogens is 2. The molecular formula is C20H19ClN4O2. The van der Waals surface area contributed by atoms with Gasteiger partial charge in [-0.25, -0.2) is 9.97 Å². The van der Waals surface area contributed by atoms with Gasteiger partial charge in [0.2, 0.25) is 0 Å². The lowest BCUT2D eigenvalue weighted by Crippen LogP contribution is -2.15. The summed E-state index contributed by atoms with van der Waals surface area (Å²) in [5.74, 6) is 1.10. The van der Waals surface area contributed by atoms with Crippen molar-refractivity contribution >= 4 is 29.0 Å². The average Bonchev–Trinajstić information content (AvgIpc) is 2.69. The molecule has 6 nitrogen and oxygen atoms in total. The number of nitrogens with zero attached hydrogens (tertiary/aromatic N) is 2. The molecule has 1 aromatic heterocycles. The van der Waals surface area contributed by atoms with Gasteiger partial charge in [-0.2, -0.15) is 0 Å². The van der Waals surface area contributed by atoms with Crippen molar-refractivity contribution in [1.29, 1.82) is 0 Å². The smallest absolute Gasteiger partial charge is 0.274 e. The molecule has 0 radical (unpaired) electrons. The van der Waals surface area contributed by atoms with Crippen LogP contribution in [0.25, 0.3) is 0 Å². The summed E-state index contributed by atoms with van der Waals surface area (Å²) < 4.78 is 5.15. The van der Waals surface area contributed by atoms with Crippen LogP contribution in [-0.2, 0) is 6.42 Å². The maximum Gasteiger partial charge on any atom is 0.274 e. The third-order valence-corrected chi connectivity index (χ3v) is 4.10. The largest absolute Gasteiger partial charge is 0.497 e. The van der Waals surface area contributed by atoms with Gasteiger partial charge in [0.15, 0.2) is 0 Å². The van der Waals surface area contributed by atoms with Crippen LogP contribution in [-0.4, -0.2) is 29.5 Å². The maximum atomic E-state index is 12.3. The van der Waals surface area contributed by atoms with Crippen molar-refractivity contribution in [2.75, 3.05) is 24.3 Å². The van der Waals surface area contributed by atoms with Gasteiger partial charge in [-0.05, 0) is 42.3 Å². The van der Waals surface area contributed by atoms with Gasteiger partial charge in [-0.1, -0.05) is 29.8 Å². The van der Waals surface area contributed by atoms with Gasteiger partial charge in [0.05, 0.1) is 7.11 Å². The van der Waals surface area contributed by atoms with Gasteiger partial charge in [-0.15, -0.1) is 0 Å². The van der Waals surface area contributed by atoms with E-state index in [0.29, 0.717) is 23.1 Å². The van der Waals surface area contributed by atoms with Crippen LogP contribution in [0.5, 0.6) is 5.75 Å². The van der Waals surface area contributed by atoms with E-state index in [0.717, 1.165) is 12.2 Å². The summed E-state index contributed by atoms with van der Waals surface area (Å²) in [5, 5.41) is 6.52. The number of rotatable bonds is 7. The number of hydrogen-bond acceptors (Lipinski definition) is 5. The standard InChI is InChI=1S/C20H19ClN4O2/c1-27-17-7-5-14(6-8-17)9-10-22-19-12-18(23-13-24-19)20(26)25-16-4-2-3-15(21)11-16/h2-8,11-13H,9-10H2,1H3,(H,25,26)(H,22,23,24). The van der Waals surface area contributed by atoms with Crippen LogP contribution in [0.15, 0.2) is 60.9 Å². The highest BCUT2D eigenvalue weighted by atomic mass is 35.5. The summed E-state index contributed by atoms with van der Waals surface area (Å²) in [7, 11) is 1.64. The number of anilines is 2. The summed E-state index contributed by atoms with van der Waals surface area (Å²) in [6.07, 6.45) is 2.18. The molecule has 0 unspecified atom stereocenters. The molecule has 0 saturated carbocycles. The Kier molecular flexibility index (Phi) is 6.22. The fourth-order valence-electron chi connectivity index (χ4n) is 2.47. The second kappa shape index (κ2) is 9.00. The molecule has 1 amide bonds. The second-order valence-corrected chi connectivity index (χ2v) is 6.21. The Balaban J connectivity index is 1.57. The van der Waals surface area contributed by atoms with Crippen LogP contribution < -0.4 is 15.4 Å². The first kappa shape index (κ1) is 18.7. The van der Waals surface area contributed by atoms with Crippen molar-refractivity contribution in [3.63, 3.8) is 0 Å². The number of nitrogens with one attached hydrogen (secondary N) is 2. The Morgan fingerprint density at radius 3 is 2.67 bits per heavy atom. The molecule has 0 aliphatic rings. The van der Waals surface area contributed by atoms with Crippen molar-refractivity contribution < 1.29 is 9.53 Å². The fourth-order valence-corrected chi connectivity index (χ4v) is 2.66. The van der Waals surface area contributed by atoms with E-state index in [4.69, 9.17) is 16.3 Å². The second-order valence-electron chi connectivity index (χ2n) is 5.78. The van der Waals surface area contributed by atoms with Gasteiger partial charge in [-0.3, -0.25) is 4.79 Å². The third kappa shape index (κ3) is 5.43. The number of amides is 1. The number of hydrogen-bond donors (Lipinski definition) is 2. The Labute approximate surface area is 162 Å². The number of benzene rings is 2. The Morgan fingerprint density at radius 2 is 1.93 bits per heavy atom. The van der Waals surface area contributed by atoms with Gasteiger partial charge in [0.1, 0.15) is 23.6 Å². The van der Waals surface area contributed by atoms with Gasteiger partial charge < -0.3 is 15.4 Å². The van der Waals surface area contributed by atoms with Crippen molar-refractivity contribution in [3.8, 4) is 5.75 Å². The number of ether oxygens (including phenoxy) is 1. The Morgan fingerprint density at radius 1 is 1.11 bits per heavy atom. The van der Waals surface area contributed by atoms with Crippen LogP contribution >= 0.6 is 11.6 Å². The summed E-state index contributed by atoms with van der Waals surface area (Å²) in [4.78, 5) is 20.5. The number of halogens is 1. The summed E-state index contributed by atoms with van der Waals surface area (Å²) in [5.41, 5.74) is 2.06. The Hall–Kier alpha value is -3.12. The minimum Gasteiger partial charge on any atom is -0.497 e. The van der Waals surface area contributed by atoms with Crippen LogP contribution in [0.3, 0.4) is 0 Å². The number of carbonyl (C=O) groups excluding carboxylic acids is 1. The first-order valence-corrected chi connectivity index (χ1v) is 8.77. The Bertz CT molecular complexity index is 916. The fraction of sp³-hybridized carbons (Fsp3) is 0.150. The molecule has 0 fully saturated rings. The van der Waals surface area contributed by atoms with E-state index < -0.39 is 0 Å². The lowest BCUT2D eigenvalue weighted by atomic mass is 10.1. The predicted octanol–water partition coefficient (Wildman–Crippen LogP) is 4.05. The molecule has 2 N–H and O–H groups in total. The molecule has 3 rings (SSSR count). The van der Waals surface area contributed by atoms with E-state index in [-0.39, 0.29) is 11.6 Å². The molecule has 0 aliphatic carbocycles. The third-order valence-electron chi connectivity index (χ3n) is 3.86. The normalized spacial score (nSPS) is 10.3. The van der Waals surface area contributed by atoms with E-state index in [1.54, 1.807) is 37.4 Å². The molecule has 138 valence electrons. The zero-order chi connectivity index (χ0) is 19.1. The minimum absolute atomic E-state index is 0.275. The molecule has 0 atom stereocenters. The molecule has 1 heterocycles. The highest BCUT2D eigenvalue weighted by Gasteiger charge is 2.09. The van der Waals surface area contributed by atoms with Crippen molar-refractivity contribution in [3.05, 3.63) is 77.2 Å². The topological polar surface area (TPSA) is 76.1 Å². The summed E-state index contributed by atoms with van der Waals surface area (Å²) >= 11 is 5.93. The minimum atomic E-state index is -0.321. The molecule has 0 spiro atoms. The van der Waals surface area contributed by atoms with Crippen molar-refractivity contribution in [1.82, 2.24) is 9.97 Å². The van der Waals surface area contributed by atoms with Crippen molar-refractivity contribution in [2.45, 2.75) is 6.42 Å². The van der Waals surface area contributed by atoms with Gasteiger partial charge >= 0.3 is 0 Å². The predicted molar refractivity (Wildman–Crippen MR) is 107 cm³/mol. The number of carbonyl (C=O) groups is 1. The molecule has 0 bridgehead atoms. The first-order valence-electron chi connectivity index (χ1n) is 8.40. The highest BCUT2D eigenvalue weighted by Crippen LogP contribution is 2.16. The maximum absolute atomic E-state index is 12.3. The molecule has 7 heteroatoms. The molecule has 0 aliphatic heterocycles. The van der Waals surface area contributed by atoms with E-state index >= 15 is 0 Å². The lowest BCUT2D eigenvalue weighted by molar-refractivity contribution is 0.102. The average molecular weight is 383 g/mol. The molecule has 0 saturated heterocycles. The zero-order valence-corrected chi connectivity index (χ0v) is 15.5. The van der Waals surface area contributed by atoms with E-state index in [9.17, 15) is 4.79 Å². The number of methoxy groups -OCH3 is 1. The molecule has 2 aromatic carbocycles. The summed E-state index contributed by atoms with van der Waals surface area (Å²) in [6.45, 7) is 0.679. The summed E-state index contributed by atoms with van der Waals surface area (Å²) in [6, 6.07) is 16.5. The van der Waals surface area contributed by atoms with E-state index in [2.05, 4.69) is 20.6 Å². The van der Waals surface area contributed by atoms with E-state index in [1.807, 2.05) is 24.3 Å². The molecule has 27 heavy (non-hydrogen) atoms. The highest BCUT2D eigenvalue weighted by molar-refractivity contribution is 6.30. The zero-order valence-electron chi connectivity index (χ0n) is 14.8. The van der Waals surface area contributed by atoms with Crippen LogP contribution in [0.4, 0.5) is 11.5 Å². The molecular weight excluding hydrogens is 364 g/mol. The SMILES string of the molecule is COc1ccc(CCNc2cc(C(=O)Nc3cccc(Cl)c3)ncn2)cc1. The van der Waals surface area contributed by atoms with Crippen LogP contribution in [0.2, 0.25) is 5.02 Å². The van der Waals surface area contributed by atoms with Crippen LogP contribution in [0.1, 0.15) is 16.1 Å². The quantitative estimate of drug-likeness (QED) is 0.644. The monoisotopic (exact) mass is 382 g/mol. The van der Waals surface area contributed by atoms with Crippen molar-refractivity contribution in [2.24, 2.45) is 0 Å². The van der Waals surface area contributed by atoms with Gasteiger partial charge in [0.25, 0.3) is 5.91 Å². The lowest BCUT2D eigenvalue weighted by Gasteiger charge is -2.08. The molecule has 3 aromatic rings.